The standard InChI is InChI=1S/C16H22N2OS/c1-3-5-6-12(4-2)15-14(13-8-10-20-11-13)7-9-18(15)16(17)19/h7-12H,3-6H2,1-2H3,(H2,17,19). The molecule has 2 aromatic heterocycles. The molecule has 0 aliphatic rings. The topological polar surface area (TPSA) is 48.0 Å². The minimum atomic E-state index is -0.392. The van der Waals surface area contributed by atoms with Crippen molar-refractivity contribution in [2.45, 2.75) is 45.4 Å². The van der Waals surface area contributed by atoms with E-state index >= 15 is 0 Å². The fourth-order valence-electron chi connectivity index (χ4n) is 2.70. The number of primary amides is 1. The minimum Gasteiger partial charge on any atom is -0.351 e. The summed E-state index contributed by atoms with van der Waals surface area (Å²) in [4.78, 5) is 11.7. The highest BCUT2D eigenvalue weighted by Crippen LogP contribution is 2.35. The molecular formula is C16H22N2OS. The van der Waals surface area contributed by atoms with Gasteiger partial charge in [0.25, 0.3) is 0 Å². The molecule has 0 aliphatic heterocycles. The van der Waals surface area contributed by atoms with Gasteiger partial charge in [-0.15, -0.1) is 0 Å². The Morgan fingerprint density at radius 3 is 2.75 bits per heavy atom. The van der Waals surface area contributed by atoms with Gasteiger partial charge in [0.2, 0.25) is 0 Å². The van der Waals surface area contributed by atoms with Crippen LogP contribution in [-0.2, 0) is 0 Å². The van der Waals surface area contributed by atoms with Crippen LogP contribution >= 0.6 is 11.3 Å². The molecule has 1 unspecified atom stereocenters. The average Bonchev–Trinajstić information content (AvgIpc) is 3.08. The van der Waals surface area contributed by atoms with E-state index in [1.165, 1.54) is 18.4 Å². The van der Waals surface area contributed by atoms with Crippen molar-refractivity contribution in [2.24, 2.45) is 5.73 Å². The Bertz CT molecular complexity index is 557. The van der Waals surface area contributed by atoms with Gasteiger partial charge in [-0.25, -0.2) is 4.79 Å². The van der Waals surface area contributed by atoms with Crippen molar-refractivity contribution < 1.29 is 4.79 Å². The maximum absolute atomic E-state index is 11.7. The zero-order valence-electron chi connectivity index (χ0n) is 12.1. The van der Waals surface area contributed by atoms with Crippen molar-refractivity contribution in [2.75, 3.05) is 0 Å². The number of carbonyl (C=O) groups is 1. The normalized spacial score (nSPS) is 12.5. The van der Waals surface area contributed by atoms with Crippen LogP contribution in [0.3, 0.4) is 0 Å². The number of nitrogens with two attached hydrogens (primary N) is 1. The number of unbranched alkanes of at least 4 members (excludes halogenated alkanes) is 1. The fraction of sp³-hybridized carbons (Fsp3) is 0.438. The van der Waals surface area contributed by atoms with Gasteiger partial charge in [-0.3, -0.25) is 4.57 Å². The molecule has 0 radical (unpaired) electrons. The number of amides is 1. The maximum atomic E-state index is 11.7. The zero-order chi connectivity index (χ0) is 14.5. The van der Waals surface area contributed by atoms with Crippen LogP contribution in [0.5, 0.6) is 0 Å². The number of nitrogens with zero attached hydrogens (tertiary/aromatic N) is 1. The Morgan fingerprint density at radius 1 is 1.40 bits per heavy atom. The van der Waals surface area contributed by atoms with Crippen LogP contribution in [0.1, 0.15) is 51.1 Å². The second-order valence-electron chi connectivity index (χ2n) is 5.08. The van der Waals surface area contributed by atoms with E-state index in [-0.39, 0.29) is 0 Å². The monoisotopic (exact) mass is 290 g/mol. The molecule has 2 N–H and O–H groups in total. The first-order valence-corrected chi connectivity index (χ1v) is 8.16. The van der Waals surface area contributed by atoms with Crippen LogP contribution in [-0.4, -0.2) is 10.6 Å². The third-order valence-electron chi connectivity index (χ3n) is 3.78. The lowest BCUT2D eigenvalue weighted by Crippen LogP contribution is -2.22. The lowest BCUT2D eigenvalue weighted by Gasteiger charge is -2.18. The molecule has 0 saturated heterocycles. The van der Waals surface area contributed by atoms with Crippen molar-refractivity contribution in [1.82, 2.24) is 4.57 Å². The Kier molecular flexibility index (Phi) is 5.01. The summed E-state index contributed by atoms with van der Waals surface area (Å²) >= 11 is 1.67. The Hall–Kier alpha value is -1.55. The summed E-state index contributed by atoms with van der Waals surface area (Å²) in [6.07, 6.45) is 6.27. The SMILES string of the molecule is CCCCC(CC)c1c(-c2ccsc2)ccn1C(N)=O. The van der Waals surface area contributed by atoms with Crippen LogP contribution in [0.15, 0.2) is 29.1 Å². The average molecular weight is 290 g/mol. The zero-order valence-corrected chi connectivity index (χ0v) is 13.0. The quantitative estimate of drug-likeness (QED) is 0.814. The minimum absolute atomic E-state index is 0.382. The Balaban J connectivity index is 2.46. The molecule has 1 atom stereocenters. The molecule has 3 nitrogen and oxygen atoms in total. The van der Waals surface area contributed by atoms with E-state index in [1.54, 1.807) is 22.1 Å². The molecule has 0 aliphatic carbocycles. The molecule has 0 aromatic carbocycles. The first-order chi connectivity index (χ1) is 9.69. The molecule has 2 aromatic rings. The third-order valence-corrected chi connectivity index (χ3v) is 4.46. The van der Waals surface area contributed by atoms with Crippen LogP contribution in [0.25, 0.3) is 11.1 Å². The van der Waals surface area contributed by atoms with E-state index in [0.717, 1.165) is 24.1 Å². The van der Waals surface area contributed by atoms with E-state index in [0.29, 0.717) is 5.92 Å². The van der Waals surface area contributed by atoms with Gasteiger partial charge in [-0.05, 0) is 41.3 Å². The van der Waals surface area contributed by atoms with Gasteiger partial charge in [0.1, 0.15) is 0 Å². The Labute approximate surface area is 124 Å². The van der Waals surface area contributed by atoms with E-state index < -0.39 is 6.03 Å². The van der Waals surface area contributed by atoms with Crippen LogP contribution in [0.4, 0.5) is 4.79 Å². The van der Waals surface area contributed by atoms with E-state index in [1.807, 2.05) is 6.07 Å². The van der Waals surface area contributed by atoms with Crippen LogP contribution in [0.2, 0.25) is 0 Å². The predicted octanol–water partition coefficient (Wildman–Crippen LogP) is 4.83. The molecule has 1 amide bonds. The van der Waals surface area contributed by atoms with E-state index in [2.05, 4.69) is 30.7 Å². The first kappa shape index (κ1) is 14.9. The number of aromatic nitrogens is 1. The third kappa shape index (κ3) is 2.96. The second-order valence-corrected chi connectivity index (χ2v) is 5.86. The molecule has 2 rings (SSSR count). The highest BCUT2D eigenvalue weighted by atomic mass is 32.1. The molecule has 4 heteroatoms. The lowest BCUT2D eigenvalue weighted by atomic mass is 9.91. The number of thiophene rings is 1. The molecule has 108 valence electrons. The number of hydrogen-bond donors (Lipinski definition) is 1. The molecule has 0 saturated carbocycles. The smallest absolute Gasteiger partial charge is 0.323 e. The summed E-state index contributed by atoms with van der Waals surface area (Å²) in [6, 6.07) is 3.72. The van der Waals surface area contributed by atoms with Gasteiger partial charge in [0.15, 0.2) is 0 Å². The van der Waals surface area contributed by atoms with E-state index in [4.69, 9.17) is 5.73 Å². The maximum Gasteiger partial charge on any atom is 0.323 e. The summed E-state index contributed by atoms with van der Waals surface area (Å²) in [5.74, 6) is 0.382. The van der Waals surface area contributed by atoms with E-state index in [9.17, 15) is 4.79 Å². The predicted molar refractivity (Wildman–Crippen MR) is 85.3 cm³/mol. The van der Waals surface area contributed by atoms with Gasteiger partial charge in [-0.1, -0.05) is 26.7 Å². The number of hydrogen-bond acceptors (Lipinski definition) is 2. The van der Waals surface area contributed by atoms with Crippen molar-refractivity contribution in [3.05, 3.63) is 34.8 Å². The second kappa shape index (κ2) is 6.75. The van der Waals surface area contributed by atoms with Crippen LogP contribution in [0, 0.1) is 0 Å². The number of carbonyl (C=O) groups excluding carboxylic acids is 1. The fourth-order valence-corrected chi connectivity index (χ4v) is 3.36. The Morgan fingerprint density at radius 2 is 2.20 bits per heavy atom. The molecule has 20 heavy (non-hydrogen) atoms. The highest BCUT2D eigenvalue weighted by Gasteiger charge is 2.21. The van der Waals surface area contributed by atoms with Crippen molar-refractivity contribution >= 4 is 17.4 Å². The molecule has 0 bridgehead atoms. The first-order valence-electron chi connectivity index (χ1n) is 7.22. The lowest BCUT2D eigenvalue weighted by molar-refractivity contribution is 0.249. The van der Waals surface area contributed by atoms with Gasteiger partial charge in [-0.2, -0.15) is 11.3 Å². The van der Waals surface area contributed by atoms with Gasteiger partial charge < -0.3 is 5.73 Å². The summed E-state index contributed by atoms with van der Waals surface area (Å²) < 4.78 is 1.62. The molecule has 0 spiro atoms. The summed E-state index contributed by atoms with van der Waals surface area (Å²) in [5, 5.41) is 4.18. The molecule has 2 heterocycles. The summed E-state index contributed by atoms with van der Waals surface area (Å²) in [7, 11) is 0. The number of rotatable bonds is 6. The molecule has 0 fully saturated rings. The van der Waals surface area contributed by atoms with Crippen LogP contribution < -0.4 is 5.73 Å². The van der Waals surface area contributed by atoms with Gasteiger partial charge >= 0.3 is 6.03 Å². The molecular weight excluding hydrogens is 268 g/mol. The van der Waals surface area contributed by atoms with Crippen molar-refractivity contribution in [3.8, 4) is 11.1 Å². The van der Waals surface area contributed by atoms with Crippen molar-refractivity contribution in [3.63, 3.8) is 0 Å². The summed E-state index contributed by atoms with van der Waals surface area (Å²) in [5.41, 5.74) is 8.93. The van der Waals surface area contributed by atoms with Gasteiger partial charge in [0, 0.05) is 23.4 Å². The highest BCUT2D eigenvalue weighted by molar-refractivity contribution is 7.08. The largest absolute Gasteiger partial charge is 0.351 e. The van der Waals surface area contributed by atoms with Gasteiger partial charge in [0.05, 0.1) is 0 Å². The summed E-state index contributed by atoms with van der Waals surface area (Å²) in [6.45, 7) is 4.37. The van der Waals surface area contributed by atoms with Crippen molar-refractivity contribution in [1.29, 1.82) is 0 Å².